The number of likely N-dealkylation sites (N-methyl/N-ethyl adjacent to an activating group) is 1. The van der Waals surface area contributed by atoms with Crippen molar-refractivity contribution in [3.05, 3.63) is 17.7 Å². The molecule has 0 fully saturated rings. The SMILES string of the molecule is COc1cc(CCN(C)CCO)cc(OC)c1OC. The number of benzene rings is 1. The first kappa shape index (κ1) is 15.6. The average Bonchev–Trinajstić information content (AvgIpc) is 2.44. The lowest BCUT2D eigenvalue weighted by Crippen LogP contribution is -2.24. The number of methoxy groups -OCH3 is 3. The normalized spacial score (nSPS) is 10.6. The Morgan fingerprint density at radius 3 is 2.00 bits per heavy atom. The summed E-state index contributed by atoms with van der Waals surface area (Å²) in [6.07, 6.45) is 0.854. The zero-order chi connectivity index (χ0) is 14.3. The zero-order valence-corrected chi connectivity index (χ0v) is 12.1. The Morgan fingerprint density at radius 1 is 1.00 bits per heavy atom. The Morgan fingerprint density at radius 2 is 1.58 bits per heavy atom. The molecule has 0 aromatic heterocycles. The zero-order valence-electron chi connectivity index (χ0n) is 12.1. The van der Waals surface area contributed by atoms with E-state index in [0.717, 1.165) is 18.5 Å². The van der Waals surface area contributed by atoms with E-state index in [-0.39, 0.29) is 6.61 Å². The van der Waals surface area contributed by atoms with Crippen LogP contribution in [0.2, 0.25) is 0 Å². The van der Waals surface area contributed by atoms with Crippen LogP contribution < -0.4 is 14.2 Å². The molecule has 0 aliphatic rings. The van der Waals surface area contributed by atoms with Gasteiger partial charge in [0, 0.05) is 13.1 Å². The van der Waals surface area contributed by atoms with Crippen molar-refractivity contribution in [2.45, 2.75) is 6.42 Å². The van der Waals surface area contributed by atoms with Gasteiger partial charge in [-0.3, -0.25) is 0 Å². The third-order valence-corrected chi connectivity index (χ3v) is 2.99. The summed E-state index contributed by atoms with van der Waals surface area (Å²) in [6, 6.07) is 3.91. The lowest BCUT2D eigenvalue weighted by Gasteiger charge is -2.17. The molecule has 0 unspecified atom stereocenters. The second kappa shape index (κ2) is 7.86. The Kier molecular flexibility index (Phi) is 6.45. The molecule has 108 valence electrons. The summed E-state index contributed by atoms with van der Waals surface area (Å²) < 4.78 is 15.9. The van der Waals surface area contributed by atoms with Crippen LogP contribution in [0.3, 0.4) is 0 Å². The van der Waals surface area contributed by atoms with Crippen LogP contribution in [0.15, 0.2) is 12.1 Å². The predicted molar refractivity (Wildman–Crippen MR) is 74.4 cm³/mol. The Hall–Kier alpha value is -1.46. The first-order valence-corrected chi connectivity index (χ1v) is 6.24. The fourth-order valence-electron chi connectivity index (χ4n) is 1.88. The molecule has 0 spiro atoms. The van der Waals surface area contributed by atoms with Gasteiger partial charge in [0.15, 0.2) is 11.5 Å². The quantitative estimate of drug-likeness (QED) is 0.768. The lowest BCUT2D eigenvalue weighted by molar-refractivity contribution is 0.223. The van der Waals surface area contributed by atoms with Crippen LogP contribution in [0.25, 0.3) is 0 Å². The molecular weight excluding hydrogens is 246 g/mol. The van der Waals surface area contributed by atoms with Gasteiger partial charge in [-0.2, -0.15) is 0 Å². The highest BCUT2D eigenvalue weighted by molar-refractivity contribution is 5.53. The van der Waals surface area contributed by atoms with Crippen molar-refractivity contribution >= 4 is 0 Å². The van der Waals surface area contributed by atoms with Gasteiger partial charge in [0.25, 0.3) is 0 Å². The van der Waals surface area contributed by atoms with Crippen LogP contribution >= 0.6 is 0 Å². The third-order valence-electron chi connectivity index (χ3n) is 2.99. The van der Waals surface area contributed by atoms with Crippen LogP contribution in [0.1, 0.15) is 5.56 Å². The van der Waals surface area contributed by atoms with Gasteiger partial charge < -0.3 is 24.2 Å². The highest BCUT2D eigenvalue weighted by Crippen LogP contribution is 2.38. The fraction of sp³-hybridized carbons (Fsp3) is 0.571. The molecule has 0 aliphatic carbocycles. The Balaban J connectivity index is 2.84. The molecule has 5 heteroatoms. The first-order valence-electron chi connectivity index (χ1n) is 6.24. The molecule has 5 nitrogen and oxygen atoms in total. The van der Waals surface area contributed by atoms with Gasteiger partial charge in [0.05, 0.1) is 27.9 Å². The molecule has 0 amide bonds. The molecule has 0 saturated heterocycles. The van der Waals surface area contributed by atoms with Crippen molar-refractivity contribution in [2.75, 3.05) is 48.1 Å². The molecule has 0 saturated carbocycles. The maximum absolute atomic E-state index is 8.87. The van der Waals surface area contributed by atoms with E-state index in [1.54, 1.807) is 21.3 Å². The van der Waals surface area contributed by atoms with Gasteiger partial charge in [0.1, 0.15) is 0 Å². The molecule has 1 aromatic carbocycles. The van der Waals surface area contributed by atoms with E-state index in [0.29, 0.717) is 23.8 Å². The van der Waals surface area contributed by atoms with Crippen LogP contribution in [-0.4, -0.2) is 58.1 Å². The van der Waals surface area contributed by atoms with Gasteiger partial charge in [-0.15, -0.1) is 0 Å². The molecule has 1 rings (SSSR count). The maximum Gasteiger partial charge on any atom is 0.203 e. The summed E-state index contributed by atoms with van der Waals surface area (Å²) in [5.41, 5.74) is 1.11. The van der Waals surface area contributed by atoms with Crippen LogP contribution in [0.4, 0.5) is 0 Å². The van der Waals surface area contributed by atoms with Crippen molar-refractivity contribution in [3.63, 3.8) is 0 Å². The number of aliphatic hydroxyl groups excluding tert-OH is 1. The average molecular weight is 269 g/mol. The van der Waals surface area contributed by atoms with E-state index in [1.807, 2.05) is 19.2 Å². The van der Waals surface area contributed by atoms with Crippen molar-refractivity contribution in [1.82, 2.24) is 4.90 Å². The largest absolute Gasteiger partial charge is 0.493 e. The monoisotopic (exact) mass is 269 g/mol. The Labute approximate surface area is 114 Å². The Bertz CT molecular complexity index is 370. The molecule has 1 aromatic rings. The topological polar surface area (TPSA) is 51.2 Å². The molecule has 19 heavy (non-hydrogen) atoms. The van der Waals surface area contributed by atoms with Gasteiger partial charge in [-0.1, -0.05) is 0 Å². The highest BCUT2D eigenvalue weighted by Gasteiger charge is 2.13. The van der Waals surface area contributed by atoms with Crippen molar-refractivity contribution < 1.29 is 19.3 Å². The smallest absolute Gasteiger partial charge is 0.203 e. The molecule has 0 radical (unpaired) electrons. The summed E-state index contributed by atoms with van der Waals surface area (Å²) >= 11 is 0. The van der Waals surface area contributed by atoms with Gasteiger partial charge in [-0.05, 0) is 31.2 Å². The van der Waals surface area contributed by atoms with Gasteiger partial charge in [-0.25, -0.2) is 0 Å². The van der Waals surface area contributed by atoms with Crippen molar-refractivity contribution in [3.8, 4) is 17.2 Å². The minimum absolute atomic E-state index is 0.172. The molecule has 0 aliphatic heterocycles. The van der Waals surface area contributed by atoms with Crippen LogP contribution in [0, 0.1) is 0 Å². The predicted octanol–water partition coefficient (Wildman–Crippen LogP) is 1.18. The summed E-state index contributed by atoms with van der Waals surface area (Å²) in [5.74, 6) is 1.95. The number of hydrogen-bond donors (Lipinski definition) is 1. The maximum atomic E-state index is 8.87. The number of nitrogens with zero attached hydrogens (tertiary/aromatic N) is 1. The number of rotatable bonds is 8. The van der Waals surface area contributed by atoms with Crippen molar-refractivity contribution in [1.29, 1.82) is 0 Å². The fourth-order valence-corrected chi connectivity index (χ4v) is 1.88. The number of ether oxygens (including phenoxy) is 3. The van der Waals surface area contributed by atoms with E-state index in [9.17, 15) is 0 Å². The van der Waals surface area contributed by atoms with E-state index < -0.39 is 0 Å². The first-order chi connectivity index (χ1) is 9.15. The third kappa shape index (κ3) is 4.29. The molecule has 0 heterocycles. The minimum Gasteiger partial charge on any atom is -0.493 e. The van der Waals surface area contributed by atoms with E-state index >= 15 is 0 Å². The number of aliphatic hydroxyl groups is 1. The number of hydrogen-bond acceptors (Lipinski definition) is 5. The molecule has 0 bridgehead atoms. The van der Waals surface area contributed by atoms with Gasteiger partial charge >= 0.3 is 0 Å². The van der Waals surface area contributed by atoms with Crippen LogP contribution in [0.5, 0.6) is 17.2 Å². The van der Waals surface area contributed by atoms with Crippen molar-refractivity contribution in [2.24, 2.45) is 0 Å². The molecule has 0 atom stereocenters. The summed E-state index contributed by atoms with van der Waals surface area (Å²) in [4.78, 5) is 2.07. The van der Waals surface area contributed by atoms with E-state index in [2.05, 4.69) is 4.90 Å². The van der Waals surface area contributed by atoms with E-state index in [1.165, 1.54) is 0 Å². The van der Waals surface area contributed by atoms with Gasteiger partial charge in [0.2, 0.25) is 5.75 Å². The second-order valence-electron chi connectivity index (χ2n) is 4.31. The molecule has 1 N–H and O–H groups in total. The van der Waals surface area contributed by atoms with Crippen LogP contribution in [-0.2, 0) is 6.42 Å². The summed E-state index contributed by atoms with van der Waals surface area (Å²) in [7, 11) is 6.79. The standard InChI is InChI=1S/C14H23NO4/c1-15(7-8-16)6-5-11-9-12(17-2)14(19-4)13(10-11)18-3/h9-10,16H,5-8H2,1-4H3. The second-order valence-corrected chi connectivity index (χ2v) is 4.31. The molecular formula is C14H23NO4. The summed E-state index contributed by atoms with van der Waals surface area (Å²) in [6.45, 7) is 1.70. The minimum atomic E-state index is 0.172. The highest BCUT2D eigenvalue weighted by atomic mass is 16.5. The lowest BCUT2D eigenvalue weighted by atomic mass is 10.1. The van der Waals surface area contributed by atoms with E-state index in [4.69, 9.17) is 19.3 Å². The summed E-state index contributed by atoms with van der Waals surface area (Å²) in [5, 5.41) is 8.87.